The molecule has 0 aliphatic heterocycles. The zero-order valence-corrected chi connectivity index (χ0v) is 15.9. The van der Waals surface area contributed by atoms with Crippen molar-refractivity contribution in [3.63, 3.8) is 0 Å². The van der Waals surface area contributed by atoms with Crippen LogP contribution in [0.1, 0.15) is 28.8 Å². The molecule has 1 fully saturated rings. The maximum atomic E-state index is 12.5. The van der Waals surface area contributed by atoms with Crippen LogP contribution in [0.4, 0.5) is 14.5 Å². The van der Waals surface area contributed by atoms with Gasteiger partial charge in [0.1, 0.15) is 5.75 Å². The predicted molar refractivity (Wildman–Crippen MR) is 100 cm³/mol. The number of carbonyl (C=O) groups is 1. The van der Waals surface area contributed by atoms with E-state index in [2.05, 4.69) is 14.8 Å². The first-order valence-electron chi connectivity index (χ1n) is 8.72. The van der Waals surface area contributed by atoms with Gasteiger partial charge in [-0.25, -0.2) is 13.1 Å². The molecular formula is C19H20F2N2O4S. The molecule has 0 heterocycles. The van der Waals surface area contributed by atoms with E-state index in [4.69, 9.17) is 0 Å². The summed E-state index contributed by atoms with van der Waals surface area (Å²) in [5, 5.41) is 2.60. The number of benzene rings is 2. The summed E-state index contributed by atoms with van der Waals surface area (Å²) in [6, 6.07) is 10.0. The first-order chi connectivity index (χ1) is 13.3. The Kier molecular flexibility index (Phi) is 5.95. The van der Waals surface area contributed by atoms with E-state index in [0.717, 1.165) is 12.8 Å². The number of ether oxygens (including phenoxy) is 1. The van der Waals surface area contributed by atoms with Crippen LogP contribution in [0, 0.1) is 12.8 Å². The number of amides is 1. The third-order valence-electron chi connectivity index (χ3n) is 4.41. The summed E-state index contributed by atoms with van der Waals surface area (Å²) in [5.74, 6) is -0.225. The molecule has 2 N–H and O–H groups in total. The maximum Gasteiger partial charge on any atom is 0.387 e. The van der Waals surface area contributed by atoms with Crippen molar-refractivity contribution >= 4 is 21.6 Å². The van der Waals surface area contributed by atoms with Gasteiger partial charge < -0.3 is 10.1 Å². The van der Waals surface area contributed by atoms with E-state index >= 15 is 0 Å². The zero-order chi connectivity index (χ0) is 20.3. The molecule has 0 saturated heterocycles. The van der Waals surface area contributed by atoms with Crippen LogP contribution in [0.2, 0.25) is 0 Å². The van der Waals surface area contributed by atoms with Crippen LogP contribution >= 0.6 is 0 Å². The number of rotatable bonds is 8. The average molecular weight is 410 g/mol. The quantitative estimate of drug-likeness (QED) is 0.697. The Morgan fingerprint density at radius 2 is 1.93 bits per heavy atom. The molecule has 150 valence electrons. The molecule has 28 heavy (non-hydrogen) atoms. The van der Waals surface area contributed by atoms with Gasteiger partial charge in [-0.3, -0.25) is 4.79 Å². The Balaban J connectivity index is 1.76. The summed E-state index contributed by atoms with van der Waals surface area (Å²) in [6.45, 7) is -1.06. The molecule has 0 bridgehead atoms. The van der Waals surface area contributed by atoms with Gasteiger partial charge in [0.15, 0.2) is 0 Å². The Labute approximate surface area is 162 Å². The van der Waals surface area contributed by atoms with Crippen LogP contribution in [-0.4, -0.2) is 27.5 Å². The molecule has 0 spiro atoms. The third kappa shape index (κ3) is 5.05. The minimum absolute atomic E-state index is 0.00712. The molecule has 0 atom stereocenters. The molecule has 0 radical (unpaired) electrons. The molecule has 1 amide bonds. The second-order valence-electron chi connectivity index (χ2n) is 6.58. The Morgan fingerprint density at radius 3 is 2.61 bits per heavy atom. The molecule has 2 aromatic rings. The summed E-state index contributed by atoms with van der Waals surface area (Å²) in [7, 11) is -3.71. The topological polar surface area (TPSA) is 84.5 Å². The second-order valence-corrected chi connectivity index (χ2v) is 8.35. The van der Waals surface area contributed by atoms with Crippen molar-refractivity contribution in [1.29, 1.82) is 0 Å². The molecule has 0 unspecified atom stereocenters. The first-order valence-corrected chi connectivity index (χ1v) is 10.2. The van der Waals surface area contributed by atoms with Gasteiger partial charge in [-0.15, -0.1) is 0 Å². The maximum absolute atomic E-state index is 12.5. The van der Waals surface area contributed by atoms with Crippen LogP contribution in [0.5, 0.6) is 5.75 Å². The first kappa shape index (κ1) is 20.2. The summed E-state index contributed by atoms with van der Waals surface area (Å²) in [6.07, 6.45) is 2.03. The van der Waals surface area contributed by atoms with E-state index in [1.54, 1.807) is 6.07 Å². The minimum atomic E-state index is -3.71. The Bertz CT molecular complexity index is 976. The summed E-state index contributed by atoms with van der Waals surface area (Å²) in [5.41, 5.74) is 0.767. The van der Waals surface area contributed by atoms with Gasteiger partial charge in [-0.05, 0) is 56.0 Å². The van der Waals surface area contributed by atoms with Crippen molar-refractivity contribution in [3.8, 4) is 5.75 Å². The van der Waals surface area contributed by atoms with Gasteiger partial charge >= 0.3 is 6.61 Å². The fourth-order valence-electron chi connectivity index (χ4n) is 2.61. The molecule has 1 saturated carbocycles. The number of alkyl halides is 2. The van der Waals surface area contributed by atoms with Gasteiger partial charge in [-0.2, -0.15) is 8.78 Å². The van der Waals surface area contributed by atoms with E-state index in [1.807, 2.05) is 0 Å². The van der Waals surface area contributed by atoms with E-state index in [-0.39, 0.29) is 16.2 Å². The molecule has 1 aliphatic rings. The van der Waals surface area contributed by atoms with E-state index < -0.39 is 22.5 Å². The molecule has 9 heteroatoms. The number of halogens is 2. The number of hydrogen-bond acceptors (Lipinski definition) is 4. The third-order valence-corrected chi connectivity index (χ3v) is 5.84. The summed E-state index contributed by atoms with van der Waals surface area (Å²) in [4.78, 5) is 12.5. The SMILES string of the molecule is Cc1c(NC(=O)c2cccc(S(=O)(=O)NCC3CC3)c2)cccc1OC(F)F. The lowest BCUT2D eigenvalue weighted by Crippen LogP contribution is -2.26. The standard InChI is InChI=1S/C19H20F2N2O4S/c1-12-16(6-3-7-17(12)27-19(20)21)23-18(24)14-4-2-5-15(10-14)28(25,26)22-11-13-8-9-13/h2-7,10,13,19,22H,8-9,11H2,1H3,(H,23,24). The van der Waals surface area contributed by atoms with Gasteiger partial charge in [0, 0.05) is 23.4 Å². The van der Waals surface area contributed by atoms with E-state index in [0.29, 0.717) is 23.7 Å². The second kappa shape index (κ2) is 8.24. The number of anilines is 1. The summed E-state index contributed by atoms with van der Waals surface area (Å²) < 4.78 is 56.6. The van der Waals surface area contributed by atoms with Crippen molar-refractivity contribution in [3.05, 3.63) is 53.6 Å². The number of sulfonamides is 1. The zero-order valence-electron chi connectivity index (χ0n) is 15.1. The normalized spacial score (nSPS) is 14.1. The Morgan fingerprint density at radius 1 is 1.21 bits per heavy atom. The van der Waals surface area contributed by atoms with Gasteiger partial charge in [0.2, 0.25) is 10.0 Å². The van der Waals surface area contributed by atoms with Gasteiger partial charge in [0.25, 0.3) is 5.91 Å². The van der Waals surface area contributed by atoms with E-state index in [1.165, 1.54) is 43.3 Å². The van der Waals surface area contributed by atoms with Crippen molar-refractivity contribution in [2.45, 2.75) is 31.3 Å². The number of nitrogens with one attached hydrogen (secondary N) is 2. The van der Waals surface area contributed by atoms with Gasteiger partial charge in [0.05, 0.1) is 4.90 Å². The predicted octanol–water partition coefficient (Wildman–Crippen LogP) is 3.54. The smallest absolute Gasteiger partial charge is 0.387 e. The molecule has 2 aromatic carbocycles. The highest BCUT2D eigenvalue weighted by Crippen LogP contribution is 2.29. The van der Waals surface area contributed by atoms with Crippen LogP contribution in [0.3, 0.4) is 0 Å². The molecular weight excluding hydrogens is 390 g/mol. The summed E-state index contributed by atoms with van der Waals surface area (Å²) >= 11 is 0. The van der Waals surface area contributed by atoms with Crippen molar-refractivity contribution in [2.24, 2.45) is 5.92 Å². The lowest BCUT2D eigenvalue weighted by Gasteiger charge is -2.13. The lowest BCUT2D eigenvalue weighted by atomic mass is 10.1. The fourth-order valence-corrected chi connectivity index (χ4v) is 3.77. The molecule has 3 rings (SSSR count). The monoisotopic (exact) mass is 410 g/mol. The van der Waals surface area contributed by atoms with Crippen LogP contribution in [0.25, 0.3) is 0 Å². The molecule has 1 aliphatic carbocycles. The van der Waals surface area contributed by atoms with Crippen LogP contribution in [0.15, 0.2) is 47.4 Å². The van der Waals surface area contributed by atoms with Crippen LogP contribution < -0.4 is 14.8 Å². The van der Waals surface area contributed by atoms with Crippen LogP contribution in [-0.2, 0) is 10.0 Å². The fraction of sp³-hybridized carbons (Fsp3) is 0.316. The van der Waals surface area contributed by atoms with Crippen molar-refractivity contribution < 1.29 is 26.7 Å². The van der Waals surface area contributed by atoms with E-state index in [9.17, 15) is 22.0 Å². The highest BCUT2D eigenvalue weighted by molar-refractivity contribution is 7.89. The average Bonchev–Trinajstić information content (AvgIpc) is 3.48. The van der Waals surface area contributed by atoms with Gasteiger partial charge in [-0.1, -0.05) is 12.1 Å². The number of hydrogen-bond donors (Lipinski definition) is 2. The Hall–Kier alpha value is -2.52. The molecule has 6 nitrogen and oxygen atoms in total. The lowest BCUT2D eigenvalue weighted by molar-refractivity contribution is -0.0502. The number of carbonyl (C=O) groups excluding carboxylic acids is 1. The van der Waals surface area contributed by atoms with Crippen molar-refractivity contribution in [1.82, 2.24) is 4.72 Å². The largest absolute Gasteiger partial charge is 0.434 e. The highest BCUT2D eigenvalue weighted by Gasteiger charge is 2.24. The molecule has 0 aromatic heterocycles. The highest BCUT2D eigenvalue weighted by atomic mass is 32.2. The van der Waals surface area contributed by atoms with Crippen molar-refractivity contribution in [2.75, 3.05) is 11.9 Å². The minimum Gasteiger partial charge on any atom is -0.434 e.